The van der Waals surface area contributed by atoms with Gasteiger partial charge in [0.2, 0.25) is 5.13 Å². The van der Waals surface area contributed by atoms with Gasteiger partial charge in [-0.2, -0.15) is 5.10 Å². The summed E-state index contributed by atoms with van der Waals surface area (Å²) in [6.45, 7) is 1.86. The maximum absolute atomic E-state index is 11.5. The van der Waals surface area contributed by atoms with Gasteiger partial charge in [0, 0.05) is 15.4 Å². The fourth-order valence-electron chi connectivity index (χ4n) is 2.07. The Kier molecular flexibility index (Phi) is 8.87. The van der Waals surface area contributed by atoms with E-state index in [2.05, 4.69) is 36.2 Å². The summed E-state index contributed by atoms with van der Waals surface area (Å²) in [5.74, 6) is 0.00473. The summed E-state index contributed by atoms with van der Waals surface area (Å²) in [5, 5.41) is 6.46. The molecule has 11 heteroatoms. The van der Waals surface area contributed by atoms with E-state index in [-0.39, 0.29) is 19.0 Å². The van der Waals surface area contributed by atoms with Crippen LogP contribution < -0.4 is 14.9 Å². The van der Waals surface area contributed by atoms with E-state index in [0.717, 1.165) is 0 Å². The number of thiazole rings is 1. The minimum Gasteiger partial charge on any atom is -0.493 e. The van der Waals surface area contributed by atoms with Gasteiger partial charge in [0.05, 0.1) is 39.2 Å². The molecule has 0 saturated heterocycles. The maximum atomic E-state index is 11.5. The molecular weight excluding hydrogens is 466 g/mol. The highest BCUT2D eigenvalue weighted by molar-refractivity contribution is 9.10. The minimum absolute atomic E-state index is 0.117. The lowest BCUT2D eigenvalue weighted by Crippen LogP contribution is -2.13. The zero-order valence-corrected chi connectivity index (χ0v) is 18.5. The molecule has 0 atom stereocenters. The van der Waals surface area contributed by atoms with Crippen LogP contribution in [0.25, 0.3) is 0 Å². The van der Waals surface area contributed by atoms with Gasteiger partial charge in [-0.05, 0) is 35.0 Å². The van der Waals surface area contributed by atoms with Crippen molar-refractivity contribution in [2.24, 2.45) is 5.10 Å². The summed E-state index contributed by atoms with van der Waals surface area (Å²) in [6, 6.07) is 3.37. The number of hydrazone groups is 1. The number of halogens is 1. The molecule has 1 aromatic carbocycles. The number of benzene rings is 1. The zero-order chi connectivity index (χ0) is 21.2. The topological polar surface area (TPSA) is 108 Å². The Balaban J connectivity index is 2.02. The first kappa shape index (κ1) is 22.6. The number of nitrogens with one attached hydrogen (secondary N) is 1. The van der Waals surface area contributed by atoms with Crippen LogP contribution in [0, 0.1) is 0 Å². The third-order valence-electron chi connectivity index (χ3n) is 3.40. The first-order valence-electron chi connectivity index (χ1n) is 8.43. The lowest BCUT2D eigenvalue weighted by Gasteiger charge is -2.11. The molecule has 0 unspecified atom stereocenters. The molecular formula is C18H20BrN3O6S. The molecule has 0 aliphatic carbocycles. The Hall–Kier alpha value is -2.66. The lowest BCUT2D eigenvalue weighted by atomic mass is 10.2. The van der Waals surface area contributed by atoms with Gasteiger partial charge in [0.25, 0.3) is 0 Å². The van der Waals surface area contributed by atoms with Crippen LogP contribution in [0.4, 0.5) is 5.13 Å². The highest BCUT2D eigenvalue weighted by Gasteiger charge is 2.12. The quantitative estimate of drug-likeness (QED) is 0.310. The fourth-order valence-corrected chi connectivity index (χ4v) is 3.16. The van der Waals surface area contributed by atoms with Crippen LogP contribution >= 0.6 is 27.3 Å². The summed E-state index contributed by atoms with van der Waals surface area (Å²) in [6.07, 6.45) is 1.69. The van der Waals surface area contributed by atoms with E-state index >= 15 is 0 Å². The van der Waals surface area contributed by atoms with Crippen LogP contribution in [-0.4, -0.2) is 50.6 Å². The van der Waals surface area contributed by atoms with Crippen molar-refractivity contribution in [3.63, 3.8) is 0 Å². The highest BCUT2D eigenvalue weighted by atomic mass is 79.9. The third kappa shape index (κ3) is 7.02. The van der Waals surface area contributed by atoms with Crippen molar-refractivity contribution in [2.45, 2.75) is 13.3 Å². The number of methoxy groups -OCH3 is 2. The number of carbonyl (C=O) groups excluding carboxylic acids is 2. The number of ether oxygens (including phenoxy) is 4. The van der Waals surface area contributed by atoms with Crippen molar-refractivity contribution in [3.8, 4) is 11.5 Å². The lowest BCUT2D eigenvalue weighted by molar-refractivity contribution is -0.143. The zero-order valence-electron chi connectivity index (χ0n) is 16.1. The largest absolute Gasteiger partial charge is 0.493 e. The molecule has 0 bridgehead atoms. The summed E-state index contributed by atoms with van der Waals surface area (Å²) < 4.78 is 20.8. The second kappa shape index (κ2) is 11.4. The van der Waals surface area contributed by atoms with Crippen LogP contribution in [-0.2, 0) is 25.5 Å². The van der Waals surface area contributed by atoms with Gasteiger partial charge in [-0.15, -0.1) is 11.3 Å². The molecule has 0 aliphatic heterocycles. The molecule has 1 heterocycles. The predicted molar refractivity (Wildman–Crippen MR) is 112 cm³/mol. The molecule has 1 N–H and O–H groups in total. The van der Waals surface area contributed by atoms with E-state index in [4.69, 9.17) is 14.2 Å². The monoisotopic (exact) mass is 485 g/mol. The Morgan fingerprint density at radius 1 is 1.28 bits per heavy atom. The Morgan fingerprint density at radius 3 is 2.76 bits per heavy atom. The van der Waals surface area contributed by atoms with Crippen LogP contribution in [0.1, 0.15) is 18.2 Å². The Labute approximate surface area is 180 Å². The van der Waals surface area contributed by atoms with Crippen LogP contribution in [0.5, 0.6) is 11.5 Å². The summed E-state index contributed by atoms with van der Waals surface area (Å²) in [4.78, 5) is 27.0. The first-order chi connectivity index (χ1) is 14.0. The highest BCUT2D eigenvalue weighted by Crippen LogP contribution is 2.33. The standard InChI is InChI=1S/C18H20BrN3O6S/c1-4-27-16(23)6-12-10-29-18(21-12)22-20-8-11-5-14(25-2)15(7-13(11)19)28-9-17(24)26-3/h5,7-8,10H,4,6,9H2,1-3H3,(H,21,22). The maximum Gasteiger partial charge on any atom is 0.343 e. The van der Waals surface area contributed by atoms with Crippen molar-refractivity contribution >= 4 is 50.6 Å². The molecule has 2 rings (SSSR count). The van der Waals surface area contributed by atoms with E-state index in [1.54, 1.807) is 30.7 Å². The number of anilines is 1. The SMILES string of the molecule is CCOC(=O)Cc1csc(NN=Cc2cc(OC)c(OCC(=O)OC)cc2Br)n1. The van der Waals surface area contributed by atoms with Crippen LogP contribution in [0.15, 0.2) is 27.1 Å². The second-order valence-corrected chi connectivity index (χ2v) is 7.10. The molecule has 0 aliphatic rings. The van der Waals surface area contributed by atoms with Gasteiger partial charge in [-0.1, -0.05) is 0 Å². The average Bonchev–Trinajstić information content (AvgIpc) is 3.14. The molecule has 29 heavy (non-hydrogen) atoms. The van der Waals surface area contributed by atoms with Gasteiger partial charge >= 0.3 is 11.9 Å². The second-order valence-electron chi connectivity index (χ2n) is 5.39. The fraction of sp³-hybridized carbons (Fsp3) is 0.333. The van der Waals surface area contributed by atoms with Crippen molar-refractivity contribution in [1.82, 2.24) is 4.98 Å². The molecule has 156 valence electrons. The molecule has 0 amide bonds. The van der Waals surface area contributed by atoms with Gasteiger partial charge in [-0.25, -0.2) is 9.78 Å². The van der Waals surface area contributed by atoms with Crippen molar-refractivity contribution in [3.05, 3.63) is 33.2 Å². The number of rotatable bonds is 10. The number of carbonyl (C=O) groups is 2. The van der Waals surface area contributed by atoms with E-state index in [1.165, 1.54) is 25.6 Å². The first-order valence-corrected chi connectivity index (χ1v) is 10.1. The van der Waals surface area contributed by atoms with Gasteiger partial charge < -0.3 is 18.9 Å². The molecule has 9 nitrogen and oxygen atoms in total. The Bertz CT molecular complexity index is 886. The summed E-state index contributed by atoms with van der Waals surface area (Å²) >= 11 is 4.76. The number of nitrogens with zero attached hydrogens (tertiary/aromatic N) is 2. The molecule has 1 aromatic heterocycles. The van der Waals surface area contributed by atoms with Crippen molar-refractivity contribution in [1.29, 1.82) is 0 Å². The smallest absolute Gasteiger partial charge is 0.343 e. The average molecular weight is 486 g/mol. The summed E-state index contributed by atoms with van der Waals surface area (Å²) in [5.41, 5.74) is 4.14. The molecule has 0 spiro atoms. The number of hydrogen-bond donors (Lipinski definition) is 1. The minimum atomic E-state index is -0.496. The molecule has 2 aromatic rings. The van der Waals surface area contributed by atoms with E-state index < -0.39 is 5.97 Å². The number of aromatic nitrogens is 1. The van der Waals surface area contributed by atoms with Crippen LogP contribution in [0.3, 0.4) is 0 Å². The van der Waals surface area contributed by atoms with Crippen molar-refractivity contribution < 1.29 is 28.5 Å². The van der Waals surface area contributed by atoms with E-state index in [0.29, 0.717) is 39.0 Å². The van der Waals surface area contributed by atoms with E-state index in [1.807, 2.05) is 0 Å². The van der Waals surface area contributed by atoms with Gasteiger partial charge in [0.1, 0.15) is 0 Å². The van der Waals surface area contributed by atoms with Gasteiger partial charge in [-0.3, -0.25) is 10.2 Å². The molecule has 0 saturated carbocycles. The number of esters is 2. The van der Waals surface area contributed by atoms with Crippen LogP contribution in [0.2, 0.25) is 0 Å². The van der Waals surface area contributed by atoms with Crippen molar-refractivity contribution in [2.75, 3.05) is 32.9 Å². The number of hydrogen-bond acceptors (Lipinski definition) is 10. The molecule has 0 radical (unpaired) electrons. The third-order valence-corrected chi connectivity index (χ3v) is 4.89. The predicted octanol–water partition coefficient (Wildman–Crippen LogP) is 3.02. The molecule has 0 fully saturated rings. The Morgan fingerprint density at radius 2 is 2.07 bits per heavy atom. The summed E-state index contributed by atoms with van der Waals surface area (Å²) in [7, 11) is 2.78. The van der Waals surface area contributed by atoms with Gasteiger partial charge in [0.15, 0.2) is 18.1 Å². The normalized spacial score (nSPS) is 10.6. The van der Waals surface area contributed by atoms with E-state index in [9.17, 15) is 9.59 Å².